The van der Waals surface area contributed by atoms with Crippen molar-refractivity contribution in [1.82, 2.24) is 15.1 Å². The number of ether oxygens (including phenoxy) is 1. The molecule has 2 heterocycles. The molecule has 1 saturated heterocycles. The van der Waals surface area contributed by atoms with Crippen LogP contribution in [0.3, 0.4) is 0 Å². The zero-order valence-electron chi connectivity index (χ0n) is 14.1. The van der Waals surface area contributed by atoms with Crippen LogP contribution in [0.2, 0.25) is 0 Å². The Labute approximate surface area is 145 Å². The number of hydrogen-bond acceptors (Lipinski definition) is 6. The maximum absolute atomic E-state index is 12.3. The van der Waals surface area contributed by atoms with E-state index in [2.05, 4.69) is 10.2 Å². The average molecular weight is 347 g/mol. The topological polar surface area (TPSA) is 68.5 Å². The van der Waals surface area contributed by atoms with E-state index >= 15 is 0 Å². The van der Waals surface area contributed by atoms with Crippen LogP contribution in [-0.2, 0) is 9.53 Å². The van der Waals surface area contributed by atoms with E-state index in [0.29, 0.717) is 24.2 Å². The molecule has 1 aromatic heterocycles. The molecular weight excluding hydrogens is 326 g/mol. The van der Waals surface area contributed by atoms with Crippen molar-refractivity contribution in [3.63, 3.8) is 0 Å². The summed E-state index contributed by atoms with van der Waals surface area (Å²) in [5.41, 5.74) is 2.05. The number of thioether (sulfide) groups is 1. The Morgan fingerprint density at radius 1 is 1.21 bits per heavy atom. The van der Waals surface area contributed by atoms with Gasteiger partial charge in [0.25, 0.3) is 5.22 Å². The Kier molecular flexibility index (Phi) is 5.20. The van der Waals surface area contributed by atoms with Crippen molar-refractivity contribution in [1.29, 1.82) is 0 Å². The highest BCUT2D eigenvalue weighted by Gasteiger charge is 2.26. The molecule has 3 rings (SSSR count). The Morgan fingerprint density at radius 2 is 1.88 bits per heavy atom. The van der Waals surface area contributed by atoms with Gasteiger partial charge >= 0.3 is 0 Å². The van der Waals surface area contributed by atoms with Crippen molar-refractivity contribution in [2.24, 2.45) is 0 Å². The van der Waals surface area contributed by atoms with Gasteiger partial charge in [-0.05, 0) is 32.9 Å². The third-order valence-corrected chi connectivity index (χ3v) is 4.60. The molecule has 2 atom stereocenters. The summed E-state index contributed by atoms with van der Waals surface area (Å²) in [4.78, 5) is 14.2. The van der Waals surface area contributed by atoms with Gasteiger partial charge in [-0.1, -0.05) is 29.5 Å². The minimum Gasteiger partial charge on any atom is -0.411 e. The van der Waals surface area contributed by atoms with Crippen molar-refractivity contribution in [2.75, 3.05) is 18.8 Å². The number of carbonyl (C=O) groups excluding carboxylic acids is 1. The number of benzene rings is 1. The number of aryl methyl sites for hydroxylation is 1. The van der Waals surface area contributed by atoms with Gasteiger partial charge in [0.1, 0.15) is 0 Å². The van der Waals surface area contributed by atoms with Crippen LogP contribution in [0.1, 0.15) is 19.4 Å². The van der Waals surface area contributed by atoms with Gasteiger partial charge < -0.3 is 14.1 Å². The van der Waals surface area contributed by atoms with E-state index in [1.54, 1.807) is 0 Å². The average Bonchev–Trinajstić information content (AvgIpc) is 3.01. The standard InChI is InChI=1S/C17H21N3O3S/c1-11-4-6-14(7-5-11)16-18-19-17(23-16)24-10-15(21)20-8-12(2)22-13(3)9-20/h4-7,12-13H,8-10H2,1-3H3/t12-,13-/m1/s1. The number of morpholine rings is 1. The van der Waals surface area contributed by atoms with E-state index < -0.39 is 0 Å². The van der Waals surface area contributed by atoms with E-state index in [-0.39, 0.29) is 23.9 Å². The van der Waals surface area contributed by atoms with Gasteiger partial charge in [0.05, 0.1) is 18.0 Å². The lowest BCUT2D eigenvalue weighted by atomic mass is 10.1. The number of rotatable bonds is 4. The van der Waals surface area contributed by atoms with E-state index in [0.717, 1.165) is 5.56 Å². The lowest BCUT2D eigenvalue weighted by molar-refractivity contribution is -0.140. The number of carbonyl (C=O) groups is 1. The third kappa shape index (κ3) is 4.15. The normalized spacial score (nSPS) is 21.0. The molecule has 128 valence electrons. The first-order valence-electron chi connectivity index (χ1n) is 7.98. The highest BCUT2D eigenvalue weighted by Crippen LogP contribution is 2.24. The molecule has 1 amide bonds. The SMILES string of the molecule is Cc1ccc(-c2nnc(SCC(=O)N3C[C@@H](C)O[C@H](C)C3)o2)cc1. The summed E-state index contributed by atoms with van der Waals surface area (Å²) in [6.45, 7) is 7.24. The molecule has 1 aliphatic rings. The number of amides is 1. The van der Waals surface area contributed by atoms with Gasteiger partial charge in [0.2, 0.25) is 11.8 Å². The molecule has 1 aliphatic heterocycles. The molecule has 0 aliphatic carbocycles. The maximum Gasteiger partial charge on any atom is 0.277 e. The molecule has 1 fully saturated rings. The fourth-order valence-electron chi connectivity index (χ4n) is 2.68. The Morgan fingerprint density at radius 3 is 2.54 bits per heavy atom. The maximum atomic E-state index is 12.3. The Balaban J connectivity index is 1.57. The molecule has 7 heteroatoms. The van der Waals surface area contributed by atoms with Gasteiger partial charge in [0.15, 0.2) is 0 Å². The number of aromatic nitrogens is 2. The fraction of sp³-hybridized carbons (Fsp3) is 0.471. The van der Waals surface area contributed by atoms with Gasteiger partial charge in [-0.3, -0.25) is 4.79 Å². The molecular formula is C17H21N3O3S. The highest BCUT2D eigenvalue weighted by atomic mass is 32.2. The molecule has 0 N–H and O–H groups in total. The van der Waals surface area contributed by atoms with Gasteiger partial charge in [0, 0.05) is 18.7 Å². The molecule has 0 unspecified atom stereocenters. The van der Waals surface area contributed by atoms with Crippen molar-refractivity contribution in [2.45, 2.75) is 38.2 Å². The molecule has 0 spiro atoms. The summed E-state index contributed by atoms with van der Waals surface area (Å²) in [6.07, 6.45) is 0.137. The summed E-state index contributed by atoms with van der Waals surface area (Å²) in [5, 5.41) is 8.47. The zero-order valence-corrected chi connectivity index (χ0v) is 14.9. The van der Waals surface area contributed by atoms with Crippen LogP contribution in [0.15, 0.2) is 33.9 Å². The van der Waals surface area contributed by atoms with Crippen LogP contribution >= 0.6 is 11.8 Å². The lowest BCUT2D eigenvalue weighted by Crippen LogP contribution is -2.48. The minimum absolute atomic E-state index is 0.0667. The highest BCUT2D eigenvalue weighted by molar-refractivity contribution is 7.99. The van der Waals surface area contributed by atoms with E-state index in [1.165, 1.54) is 17.3 Å². The van der Waals surface area contributed by atoms with Gasteiger partial charge in [-0.2, -0.15) is 0 Å². The largest absolute Gasteiger partial charge is 0.411 e. The predicted molar refractivity (Wildman–Crippen MR) is 91.8 cm³/mol. The third-order valence-electron chi connectivity index (χ3n) is 3.80. The molecule has 24 heavy (non-hydrogen) atoms. The Bertz CT molecular complexity index is 691. The summed E-state index contributed by atoms with van der Waals surface area (Å²) in [6, 6.07) is 7.88. The molecule has 0 bridgehead atoms. The molecule has 1 aromatic carbocycles. The number of nitrogens with zero attached hydrogens (tertiary/aromatic N) is 3. The molecule has 0 radical (unpaired) electrons. The minimum atomic E-state index is 0.0667. The van der Waals surface area contributed by atoms with Crippen LogP contribution < -0.4 is 0 Å². The predicted octanol–water partition coefficient (Wildman–Crippen LogP) is 2.77. The van der Waals surface area contributed by atoms with Crippen LogP contribution in [0.25, 0.3) is 11.5 Å². The first-order valence-corrected chi connectivity index (χ1v) is 8.96. The zero-order chi connectivity index (χ0) is 17.1. The second-order valence-electron chi connectivity index (χ2n) is 6.08. The fourth-order valence-corrected chi connectivity index (χ4v) is 3.34. The van der Waals surface area contributed by atoms with Crippen molar-refractivity contribution >= 4 is 17.7 Å². The smallest absolute Gasteiger partial charge is 0.277 e. The van der Waals surface area contributed by atoms with Crippen molar-refractivity contribution in [3.05, 3.63) is 29.8 Å². The monoisotopic (exact) mass is 347 g/mol. The van der Waals surface area contributed by atoms with Gasteiger partial charge in [-0.25, -0.2) is 0 Å². The second-order valence-corrected chi connectivity index (χ2v) is 7.01. The van der Waals surface area contributed by atoms with Crippen LogP contribution in [0.5, 0.6) is 0 Å². The van der Waals surface area contributed by atoms with E-state index in [4.69, 9.17) is 9.15 Å². The molecule has 0 saturated carbocycles. The molecule has 2 aromatic rings. The van der Waals surface area contributed by atoms with Crippen LogP contribution in [-0.4, -0.2) is 52.1 Å². The second kappa shape index (κ2) is 7.36. The summed E-state index contributed by atoms with van der Waals surface area (Å²) in [7, 11) is 0. The first-order chi connectivity index (χ1) is 11.5. The van der Waals surface area contributed by atoms with Crippen molar-refractivity contribution < 1.29 is 13.9 Å². The Hall–Kier alpha value is -1.86. The summed E-state index contributed by atoms with van der Waals surface area (Å²) >= 11 is 1.27. The first kappa shape index (κ1) is 17.0. The number of hydrogen-bond donors (Lipinski definition) is 0. The molecule has 6 nitrogen and oxygen atoms in total. The summed E-state index contributed by atoms with van der Waals surface area (Å²) < 4.78 is 11.3. The van der Waals surface area contributed by atoms with Gasteiger partial charge in [-0.15, -0.1) is 10.2 Å². The van der Waals surface area contributed by atoms with Crippen molar-refractivity contribution in [3.8, 4) is 11.5 Å². The van der Waals surface area contributed by atoms with E-state index in [9.17, 15) is 4.79 Å². The van der Waals surface area contributed by atoms with E-state index in [1.807, 2.05) is 49.9 Å². The van der Waals surface area contributed by atoms with Crippen LogP contribution in [0.4, 0.5) is 0 Å². The van der Waals surface area contributed by atoms with Crippen LogP contribution in [0, 0.1) is 6.92 Å². The lowest BCUT2D eigenvalue weighted by Gasteiger charge is -2.35. The quantitative estimate of drug-likeness (QED) is 0.792. The summed E-state index contributed by atoms with van der Waals surface area (Å²) in [5.74, 6) is 0.824.